The second kappa shape index (κ2) is 16.5. The number of benzene rings is 4. The topological polar surface area (TPSA) is 21.7 Å². The summed E-state index contributed by atoms with van der Waals surface area (Å²) < 4.78 is 12.2. The van der Waals surface area contributed by atoms with E-state index in [9.17, 15) is 0 Å². The van der Waals surface area contributed by atoms with Crippen molar-refractivity contribution in [1.82, 2.24) is 0 Å². The molecule has 0 N–H and O–H groups in total. The summed E-state index contributed by atoms with van der Waals surface area (Å²) in [6.07, 6.45) is 5.76. The van der Waals surface area contributed by atoms with Crippen LogP contribution in [-0.4, -0.2) is 13.9 Å². The van der Waals surface area contributed by atoms with Crippen molar-refractivity contribution < 1.29 is 9.47 Å². The SMILES string of the molecule is CCCCCC(CC)(Pc1c(C)cccc1CN(c1ccccc1)c1ccccc1)c1cc(C(C)(C)C)cc(C(C)(C)C)c1OCOC. The number of para-hydroxylation sites is 2. The van der Waals surface area contributed by atoms with Gasteiger partial charge in [0.05, 0.1) is 0 Å². The fourth-order valence-corrected chi connectivity index (χ4v) is 8.52. The van der Waals surface area contributed by atoms with Crippen molar-refractivity contribution in [2.24, 2.45) is 0 Å². The molecule has 0 saturated heterocycles. The maximum Gasteiger partial charge on any atom is 0.188 e. The van der Waals surface area contributed by atoms with Gasteiger partial charge in [-0.2, -0.15) is 0 Å². The van der Waals surface area contributed by atoms with Crippen molar-refractivity contribution in [3.8, 4) is 5.75 Å². The van der Waals surface area contributed by atoms with E-state index in [0.717, 1.165) is 25.1 Å². The molecule has 0 bridgehead atoms. The molecule has 0 aliphatic heterocycles. The van der Waals surface area contributed by atoms with Crippen molar-refractivity contribution in [3.63, 3.8) is 0 Å². The van der Waals surface area contributed by atoms with E-state index < -0.39 is 0 Å². The molecule has 0 aromatic heterocycles. The number of hydrogen-bond donors (Lipinski definition) is 0. The van der Waals surface area contributed by atoms with Gasteiger partial charge in [-0.3, -0.25) is 0 Å². The predicted molar refractivity (Wildman–Crippen MR) is 210 cm³/mol. The maximum atomic E-state index is 6.68. The van der Waals surface area contributed by atoms with E-state index in [1.165, 1.54) is 63.8 Å². The summed E-state index contributed by atoms with van der Waals surface area (Å²) in [7, 11) is 2.30. The third-order valence-electron chi connectivity index (χ3n) is 9.60. The lowest BCUT2D eigenvalue weighted by atomic mass is 9.76. The third kappa shape index (κ3) is 9.10. The molecule has 4 aromatic rings. The summed E-state index contributed by atoms with van der Waals surface area (Å²) in [4.78, 5) is 2.46. The highest BCUT2D eigenvalue weighted by Gasteiger charge is 2.38. The molecule has 0 radical (unpaired) electrons. The van der Waals surface area contributed by atoms with Crippen LogP contribution in [0.25, 0.3) is 0 Å². The monoisotopic (exact) mass is 665 g/mol. The summed E-state index contributed by atoms with van der Waals surface area (Å²) in [5, 5.41) is 1.38. The number of aryl methyl sites for hydroxylation is 1. The summed E-state index contributed by atoms with van der Waals surface area (Å²) in [6, 6.07) is 33.4. The summed E-state index contributed by atoms with van der Waals surface area (Å²) in [6.45, 7) is 22.0. The molecule has 0 spiro atoms. The summed E-state index contributed by atoms with van der Waals surface area (Å²) >= 11 is 0. The van der Waals surface area contributed by atoms with E-state index in [4.69, 9.17) is 9.47 Å². The van der Waals surface area contributed by atoms with Crippen LogP contribution in [0.15, 0.2) is 91.0 Å². The lowest BCUT2D eigenvalue weighted by Crippen LogP contribution is -2.30. The van der Waals surface area contributed by atoms with Crippen LogP contribution in [0.3, 0.4) is 0 Å². The first kappa shape index (κ1) is 37.7. The smallest absolute Gasteiger partial charge is 0.188 e. The highest BCUT2D eigenvalue weighted by molar-refractivity contribution is 7.48. The van der Waals surface area contributed by atoms with Gasteiger partial charge >= 0.3 is 0 Å². The average Bonchev–Trinajstić information content (AvgIpc) is 3.06. The van der Waals surface area contributed by atoms with Crippen LogP contribution >= 0.6 is 8.58 Å². The molecule has 3 nitrogen and oxygen atoms in total. The largest absolute Gasteiger partial charge is 0.467 e. The number of rotatable bonds is 15. The van der Waals surface area contributed by atoms with Gasteiger partial charge in [-0.15, -0.1) is 0 Å². The van der Waals surface area contributed by atoms with Crippen molar-refractivity contribution >= 4 is 25.3 Å². The van der Waals surface area contributed by atoms with E-state index >= 15 is 0 Å². The number of unbranched alkanes of at least 4 members (excludes halogenated alkanes) is 2. The molecule has 0 aliphatic carbocycles. The quantitative estimate of drug-likeness (QED) is 0.0716. The molecule has 2 atom stereocenters. The Morgan fingerprint density at radius 3 is 1.83 bits per heavy atom. The molecule has 48 heavy (non-hydrogen) atoms. The Morgan fingerprint density at radius 2 is 1.31 bits per heavy atom. The summed E-state index contributed by atoms with van der Waals surface area (Å²) in [5.41, 5.74) is 9.05. The normalized spacial score (nSPS) is 13.5. The minimum atomic E-state index is -0.0926. The van der Waals surface area contributed by atoms with Gasteiger partial charge in [-0.1, -0.05) is 150 Å². The molecular formula is C44H60NO2P. The van der Waals surface area contributed by atoms with Gasteiger partial charge in [-0.25, -0.2) is 0 Å². The van der Waals surface area contributed by atoms with Crippen LogP contribution in [0.1, 0.15) is 115 Å². The predicted octanol–water partition coefficient (Wildman–Crippen LogP) is 12.1. The van der Waals surface area contributed by atoms with Crippen molar-refractivity contribution in [3.05, 3.63) is 119 Å². The average molecular weight is 666 g/mol. The molecule has 4 rings (SSSR count). The minimum Gasteiger partial charge on any atom is -0.467 e. The Balaban J connectivity index is 1.96. The van der Waals surface area contributed by atoms with Crippen LogP contribution < -0.4 is 14.9 Å². The van der Waals surface area contributed by atoms with Gasteiger partial charge in [0.1, 0.15) is 5.75 Å². The number of methoxy groups -OCH3 is 1. The van der Waals surface area contributed by atoms with Gasteiger partial charge in [0.15, 0.2) is 6.79 Å². The van der Waals surface area contributed by atoms with E-state index in [1.807, 2.05) is 0 Å². The van der Waals surface area contributed by atoms with Crippen LogP contribution in [0.5, 0.6) is 5.75 Å². The van der Waals surface area contributed by atoms with Crippen LogP contribution in [-0.2, 0) is 27.3 Å². The van der Waals surface area contributed by atoms with Crippen LogP contribution in [0.2, 0.25) is 0 Å². The fraction of sp³-hybridized carbons (Fsp3) is 0.455. The Kier molecular flexibility index (Phi) is 13.0. The summed E-state index contributed by atoms with van der Waals surface area (Å²) in [5.74, 6) is 1.02. The van der Waals surface area contributed by atoms with Gasteiger partial charge in [-0.05, 0) is 76.9 Å². The van der Waals surface area contributed by atoms with Crippen LogP contribution in [0.4, 0.5) is 11.4 Å². The Labute approximate surface area is 294 Å². The second-order valence-electron chi connectivity index (χ2n) is 15.3. The lowest BCUT2D eigenvalue weighted by molar-refractivity contribution is 0.0485. The molecule has 0 saturated carbocycles. The molecule has 0 fully saturated rings. The third-order valence-corrected chi connectivity index (χ3v) is 11.9. The highest BCUT2D eigenvalue weighted by atomic mass is 31.1. The van der Waals surface area contributed by atoms with E-state index in [2.05, 4.69) is 158 Å². The fourth-order valence-electron chi connectivity index (χ4n) is 6.64. The molecule has 0 heterocycles. The first-order chi connectivity index (χ1) is 22.8. The zero-order valence-corrected chi connectivity index (χ0v) is 32.4. The van der Waals surface area contributed by atoms with Gasteiger partial charge in [0.2, 0.25) is 0 Å². The molecule has 258 valence electrons. The van der Waals surface area contributed by atoms with Crippen molar-refractivity contribution in [2.45, 2.75) is 117 Å². The zero-order valence-electron chi connectivity index (χ0n) is 31.4. The van der Waals surface area contributed by atoms with Crippen molar-refractivity contribution in [2.75, 3.05) is 18.8 Å². The molecule has 4 heteroatoms. The number of ether oxygens (including phenoxy) is 2. The Bertz CT molecular complexity index is 1550. The van der Waals surface area contributed by atoms with Crippen LogP contribution in [0, 0.1) is 6.92 Å². The number of nitrogens with zero attached hydrogens (tertiary/aromatic N) is 1. The minimum absolute atomic E-state index is 0.000238. The van der Waals surface area contributed by atoms with Gasteiger partial charge in [0, 0.05) is 41.3 Å². The lowest BCUT2D eigenvalue weighted by Gasteiger charge is -2.40. The van der Waals surface area contributed by atoms with Crippen molar-refractivity contribution in [1.29, 1.82) is 0 Å². The molecular weight excluding hydrogens is 605 g/mol. The maximum absolute atomic E-state index is 6.68. The zero-order chi connectivity index (χ0) is 35.0. The Hall–Kier alpha value is -3.13. The van der Waals surface area contributed by atoms with Gasteiger partial charge in [0.25, 0.3) is 0 Å². The second-order valence-corrected chi connectivity index (χ2v) is 17.0. The van der Waals surface area contributed by atoms with E-state index in [-0.39, 0.29) is 22.8 Å². The molecule has 2 unspecified atom stereocenters. The van der Waals surface area contributed by atoms with E-state index in [0.29, 0.717) is 8.58 Å². The first-order valence-electron chi connectivity index (χ1n) is 17.9. The molecule has 4 aromatic carbocycles. The molecule has 0 aliphatic rings. The van der Waals surface area contributed by atoms with E-state index in [1.54, 1.807) is 7.11 Å². The van der Waals surface area contributed by atoms with Gasteiger partial charge < -0.3 is 14.4 Å². The first-order valence-corrected chi connectivity index (χ1v) is 18.9. The number of hydrogen-bond acceptors (Lipinski definition) is 3. The highest BCUT2D eigenvalue weighted by Crippen LogP contribution is 2.54. The molecule has 0 amide bonds. The Morgan fingerprint density at radius 1 is 0.708 bits per heavy atom. The number of anilines is 2. The standard InChI is InChI=1S/C44H60NO2P/c1-11-13-20-28-44(12-2,39-30-35(42(4,5)6)29-38(43(7,8)9)40(39)47-32-46-10)48-41-33(3)22-21-23-34(41)31-45(36-24-16-14-17-25-36)37-26-18-15-19-27-37/h14-19,21-27,29-30,48H,11-13,20,28,31-32H2,1-10H3.